The van der Waals surface area contributed by atoms with Crippen LogP contribution in [0.25, 0.3) is 0 Å². The van der Waals surface area contributed by atoms with Crippen LogP contribution in [-0.4, -0.2) is 17.7 Å². The van der Waals surface area contributed by atoms with Crippen LogP contribution in [0.15, 0.2) is 42.5 Å². The number of carbonyl (C=O) groups is 3. The van der Waals surface area contributed by atoms with Gasteiger partial charge in [0.1, 0.15) is 11.6 Å². The van der Waals surface area contributed by atoms with Crippen molar-refractivity contribution in [1.82, 2.24) is 5.32 Å². The van der Waals surface area contributed by atoms with E-state index in [1.807, 2.05) is 0 Å². The second-order valence-corrected chi connectivity index (χ2v) is 6.03. The summed E-state index contributed by atoms with van der Waals surface area (Å²) in [6.07, 6.45) is 0.365. The van der Waals surface area contributed by atoms with Crippen molar-refractivity contribution in [3.63, 3.8) is 0 Å². The molecular weight excluding hydrogens is 342 g/mol. The van der Waals surface area contributed by atoms with Gasteiger partial charge in [-0.1, -0.05) is 6.07 Å². The summed E-state index contributed by atoms with van der Waals surface area (Å²) in [6, 6.07) is 8.50. The fourth-order valence-electron chi connectivity index (χ4n) is 2.84. The molecule has 0 radical (unpaired) electrons. The molecule has 0 bridgehead atoms. The molecule has 3 rings (SSSR count). The fraction of sp³-hybridized carbons (Fsp3) is 0.211. The molecule has 1 aliphatic heterocycles. The monoisotopic (exact) mass is 358 g/mol. The molecule has 0 unspecified atom stereocenters. The molecule has 2 aromatic rings. The van der Waals surface area contributed by atoms with E-state index in [2.05, 4.69) is 5.32 Å². The highest BCUT2D eigenvalue weighted by Crippen LogP contribution is 2.23. The summed E-state index contributed by atoms with van der Waals surface area (Å²) in [7, 11) is 0. The normalized spacial score (nSPS) is 15.3. The Hall–Kier alpha value is -3.09. The van der Waals surface area contributed by atoms with Gasteiger partial charge in [-0.3, -0.25) is 19.3 Å². The number of nitrogens with zero attached hydrogens (tertiary/aromatic N) is 1. The number of rotatable bonds is 4. The third kappa shape index (κ3) is 3.46. The molecule has 0 aliphatic carbocycles. The fourth-order valence-corrected chi connectivity index (χ4v) is 2.84. The van der Waals surface area contributed by atoms with Gasteiger partial charge < -0.3 is 5.32 Å². The molecule has 2 aromatic carbocycles. The van der Waals surface area contributed by atoms with Crippen LogP contribution in [0.5, 0.6) is 0 Å². The molecule has 0 aromatic heterocycles. The highest BCUT2D eigenvalue weighted by atomic mass is 19.1. The van der Waals surface area contributed by atoms with Crippen molar-refractivity contribution in [2.24, 2.45) is 0 Å². The van der Waals surface area contributed by atoms with Gasteiger partial charge in [-0.2, -0.15) is 0 Å². The molecule has 1 saturated heterocycles. The molecular formula is C19H16F2N2O3. The number of halogens is 2. The van der Waals surface area contributed by atoms with Gasteiger partial charge in [0.15, 0.2) is 0 Å². The van der Waals surface area contributed by atoms with E-state index in [4.69, 9.17) is 0 Å². The number of amides is 3. The minimum Gasteiger partial charge on any atom is -0.345 e. The topological polar surface area (TPSA) is 66.5 Å². The smallest absolute Gasteiger partial charge is 0.251 e. The van der Waals surface area contributed by atoms with Gasteiger partial charge in [0.25, 0.3) is 5.91 Å². The quantitative estimate of drug-likeness (QED) is 0.854. The first-order chi connectivity index (χ1) is 12.4. The van der Waals surface area contributed by atoms with Gasteiger partial charge in [0, 0.05) is 30.0 Å². The molecule has 0 spiro atoms. The molecule has 7 heteroatoms. The summed E-state index contributed by atoms with van der Waals surface area (Å²) >= 11 is 0. The molecule has 1 fully saturated rings. The lowest BCUT2D eigenvalue weighted by molar-refractivity contribution is -0.121. The third-order valence-electron chi connectivity index (χ3n) is 4.22. The van der Waals surface area contributed by atoms with E-state index in [0.29, 0.717) is 11.3 Å². The SMILES string of the molecule is C[C@@H](NC(=O)c1ccc(N2C(=O)CCC2=O)cc1)c1ccc(F)cc1F. The lowest BCUT2D eigenvalue weighted by atomic mass is 10.1. The number of benzene rings is 2. The highest BCUT2D eigenvalue weighted by molar-refractivity contribution is 6.19. The summed E-state index contributed by atoms with van der Waals surface area (Å²) in [5.41, 5.74) is 0.874. The van der Waals surface area contributed by atoms with Crippen LogP contribution < -0.4 is 10.2 Å². The van der Waals surface area contributed by atoms with Crippen LogP contribution >= 0.6 is 0 Å². The molecule has 26 heavy (non-hydrogen) atoms. The van der Waals surface area contributed by atoms with E-state index in [1.54, 1.807) is 6.92 Å². The number of imide groups is 1. The summed E-state index contributed by atoms with van der Waals surface area (Å²) in [5, 5.41) is 2.63. The van der Waals surface area contributed by atoms with Crippen LogP contribution in [0.3, 0.4) is 0 Å². The number of nitrogens with one attached hydrogen (secondary N) is 1. The van der Waals surface area contributed by atoms with Crippen LogP contribution in [0.1, 0.15) is 41.7 Å². The van der Waals surface area contributed by atoms with Gasteiger partial charge in [-0.15, -0.1) is 0 Å². The van der Waals surface area contributed by atoms with Crippen molar-refractivity contribution in [1.29, 1.82) is 0 Å². The summed E-state index contributed by atoms with van der Waals surface area (Å²) in [6.45, 7) is 1.59. The molecule has 134 valence electrons. The Balaban J connectivity index is 1.72. The zero-order valence-electron chi connectivity index (χ0n) is 14.0. The van der Waals surface area contributed by atoms with E-state index >= 15 is 0 Å². The predicted molar refractivity (Wildman–Crippen MR) is 90.4 cm³/mol. The van der Waals surface area contributed by atoms with Crippen molar-refractivity contribution in [3.05, 3.63) is 65.2 Å². The average molecular weight is 358 g/mol. The van der Waals surface area contributed by atoms with Crippen LogP contribution in [0.4, 0.5) is 14.5 Å². The zero-order chi connectivity index (χ0) is 18.8. The Labute approximate surface area is 148 Å². The Morgan fingerprint density at radius 3 is 2.23 bits per heavy atom. The minimum atomic E-state index is -0.737. The van der Waals surface area contributed by atoms with Crippen LogP contribution in [0, 0.1) is 11.6 Å². The molecule has 1 aliphatic rings. The van der Waals surface area contributed by atoms with Crippen molar-refractivity contribution < 1.29 is 23.2 Å². The Morgan fingerprint density at radius 1 is 1.04 bits per heavy atom. The number of anilines is 1. The molecule has 1 atom stereocenters. The van der Waals surface area contributed by atoms with Crippen molar-refractivity contribution in [2.45, 2.75) is 25.8 Å². The predicted octanol–water partition coefficient (Wildman–Crippen LogP) is 3.11. The Bertz CT molecular complexity index is 865. The van der Waals surface area contributed by atoms with Gasteiger partial charge in [0.2, 0.25) is 11.8 Å². The van der Waals surface area contributed by atoms with Crippen molar-refractivity contribution in [2.75, 3.05) is 4.90 Å². The standard InChI is InChI=1S/C19H16F2N2O3/c1-11(15-7-4-13(20)10-16(15)21)22-19(26)12-2-5-14(6-3-12)23-17(24)8-9-18(23)25/h2-7,10-11H,8-9H2,1H3,(H,22,26)/t11-/m1/s1. The zero-order valence-corrected chi connectivity index (χ0v) is 14.0. The first-order valence-electron chi connectivity index (χ1n) is 8.08. The maximum atomic E-state index is 13.8. The number of carbonyl (C=O) groups excluding carboxylic acids is 3. The summed E-state index contributed by atoms with van der Waals surface area (Å²) in [4.78, 5) is 36.9. The van der Waals surface area contributed by atoms with E-state index in [0.717, 1.165) is 17.0 Å². The second-order valence-electron chi connectivity index (χ2n) is 6.03. The van der Waals surface area contributed by atoms with E-state index < -0.39 is 23.6 Å². The average Bonchev–Trinajstić information content (AvgIpc) is 2.93. The summed E-state index contributed by atoms with van der Waals surface area (Å²) in [5.74, 6) is -2.42. The first kappa shape index (κ1) is 17.7. The summed E-state index contributed by atoms with van der Waals surface area (Å²) < 4.78 is 26.8. The van der Waals surface area contributed by atoms with E-state index in [-0.39, 0.29) is 30.2 Å². The Kier molecular flexibility index (Phi) is 4.79. The van der Waals surface area contributed by atoms with Gasteiger partial charge in [-0.25, -0.2) is 8.78 Å². The maximum Gasteiger partial charge on any atom is 0.251 e. The largest absolute Gasteiger partial charge is 0.345 e. The second kappa shape index (κ2) is 7.03. The van der Waals surface area contributed by atoms with Gasteiger partial charge in [-0.05, 0) is 37.3 Å². The molecule has 1 heterocycles. The molecule has 5 nitrogen and oxygen atoms in total. The van der Waals surface area contributed by atoms with Gasteiger partial charge >= 0.3 is 0 Å². The maximum absolute atomic E-state index is 13.8. The number of hydrogen-bond donors (Lipinski definition) is 1. The van der Waals surface area contributed by atoms with E-state index in [1.165, 1.54) is 30.3 Å². The van der Waals surface area contributed by atoms with Crippen LogP contribution in [0.2, 0.25) is 0 Å². The molecule has 0 saturated carbocycles. The van der Waals surface area contributed by atoms with Crippen LogP contribution in [-0.2, 0) is 9.59 Å². The highest BCUT2D eigenvalue weighted by Gasteiger charge is 2.30. The van der Waals surface area contributed by atoms with Crippen molar-refractivity contribution in [3.8, 4) is 0 Å². The molecule has 1 N–H and O–H groups in total. The lowest BCUT2D eigenvalue weighted by Gasteiger charge is -2.16. The molecule has 3 amide bonds. The Morgan fingerprint density at radius 2 is 1.65 bits per heavy atom. The van der Waals surface area contributed by atoms with E-state index in [9.17, 15) is 23.2 Å². The minimum absolute atomic E-state index is 0.171. The van der Waals surface area contributed by atoms with Crippen molar-refractivity contribution >= 4 is 23.4 Å². The van der Waals surface area contributed by atoms with Gasteiger partial charge in [0.05, 0.1) is 11.7 Å². The third-order valence-corrected chi connectivity index (χ3v) is 4.22. The number of hydrogen-bond acceptors (Lipinski definition) is 3. The lowest BCUT2D eigenvalue weighted by Crippen LogP contribution is -2.29. The first-order valence-corrected chi connectivity index (χ1v) is 8.08.